The molecule has 0 unspecified atom stereocenters. The van der Waals surface area contributed by atoms with E-state index >= 15 is 0 Å². The van der Waals surface area contributed by atoms with Gasteiger partial charge in [0, 0.05) is 58.1 Å². The number of hydrogen-bond donors (Lipinski definition) is 3. The molecule has 0 bridgehead atoms. The number of piperazine rings is 1. The summed E-state index contributed by atoms with van der Waals surface area (Å²) in [5, 5.41) is 28.2. The van der Waals surface area contributed by atoms with Gasteiger partial charge in [0.2, 0.25) is 5.43 Å². The number of aliphatic hydroxyl groups is 2. The Morgan fingerprint density at radius 3 is 2.33 bits per heavy atom. The molecule has 2 heterocycles. The zero-order chi connectivity index (χ0) is 15.4. The minimum Gasteiger partial charge on any atom is -0.503 e. The minimum atomic E-state index is -0.453. The second-order valence-electron chi connectivity index (χ2n) is 5.35. The lowest BCUT2D eigenvalue weighted by molar-refractivity contribution is 0.106. The van der Waals surface area contributed by atoms with Crippen LogP contribution in [0.3, 0.4) is 0 Å². The molecule has 0 radical (unpaired) electrons. The molecule has 0 aliphatic carbocycles. The van der Waals surface area contributed by atoms with Gasteiger partial charge in [-0.15, -0.1) is 0 Å². The molecule has 2 rings (SSSR count). The molecule has 0 saturated carbocycles. The van der Waals surface area contributed by atoms with Gasteiger partial charge < -0.3 is 19.9 Å². The molecule has 7 nitrogen and oxygen atoms in total. The van der Waals surface area contributed by atoms with E-state index in [1.54, 1.807) is 11.6 Å². The van der Waals surface area contributed by atoms with Crippen LogP contribution in [0.4, 0.5) is 0 Å². The van der Waals surface area contributed by atoms with Gasteiger partial charge in [-0.25, -0.2) is 0 Å². The Bertz CT molecular complexity index is 536. The molecule has 0 atom stereocenters. The van der Waals surface area contributed by atoms with Crippen molar-refractivity contribution >= 4 is 0 Å². The van der Waals surface area contributed by atoms with Crippen molar-refractivity contribution in [1.29, 1.82) is 0 Å². The highest BCUT2D eigenvalue weighted by molar-refractivity contribution is 5.29. The summed E-state index contributed by atoms with van der Waals surface area (Å²) in [5.41, 5.74) is 0.569. The summed E-state index contributed by atoms with van der Waals surface area (Å²) < 4.78 is 1.68. The molecule has 118 valence electrons. The van der Waals surface area contributed by atoms with E-state index in [0.29, 0.717) is 24.5 Å². The fourth-order valence-electron chi connectivity index (χ4n) is 2.65. The van der Waals surface area contributed by atoms with Crippen molar-refractivity contribution in [3.63, 3.8) is 0 Å². The number of nitrogens with zero attached hydrogens (tertiary/aromatic N) is 3. The molecular weight excluding hydrogens is 274 g/mol. The van der Waals surface area contributed by atoms with Crippen molar-refractivity contribution in [3.8, 4) is 5.75 Å². The third-order valence-electron chi connectivity index (χ3n) is 4.06. The third kappa shape index (κ3) is 3.62. The van der Waals surface area contributed by atoms with Crippen molar-refractivity contribution in [2.75, 3.05) is 39.3 Å². The van der Waals surface area contributed by atoms with E-state index in [1.807, 2.05) is 0 Å². The van der Waals surface area contributed by atoms with Crippen LogP contribution in [0.25, 0.3) is 0 Å². The summed E-state index contributed by atoms with van der Waals surface area (Å²) in [5.74, 6) is -0.243. The number of hydrogen-bond acceptors (Lipinski definition) is 6. The maximum Gasteiger partial charge on any atom is 0.223 e. The normalized spacial score (nSPS) is 17.3. The molecule has 0 spiro atoms. The monoisotopic (exact) mass is 297 g/mol. The molecule has 1 fully saturated rings. The zero-order valence-electron chi connectivity index (χ0n) is 12.3. The first kappa shape index (κ1) is 16.0. The molecule has 21 heavy (non-hydrogen) atoms. The van der Waals surface area contributed by atoms with Crippen molar-refractivity contribution in [1.82, 2.24) is 14.4 Å². The van der Waals surface area contributed by atoms with Gasteiger partial charge in [-0.2, -0.15) is 0 Å². The summed E-state index contributed by atoms with van der Waals surface area (Å²) in [6.07, 6.45) is 0. The van der Waals surface area contributed by atoms with Crippen LogP contribution in [0.15, 0.2) is 10.9 Å². The highest BCUT2D eigenvalue weighted by Gasteiger charge is 2.20. The van der Waals surface area contributed by atoms with Crippen molar-refractivity contribution < 1.29 is 15.3 Å². The Hall–Kier alpha value is -1.41. The lowest BCUT2D eigenvalue weighted by Crippen LogP contribution is -2.47. The number of aromatic nitrogens is 1. The minimum absolute atomic E-state index is 0.161. The van der Waals surface area contributed by atoms with Crippen LogP contribution in [0, 0.1) is 0 Å². The Balaban J connectivity index is 2.10. The van der Waals surface area contributed by atoms with Gasteiger partial charge >= 0.3 is 0 Å². The van der Waals surface area contributed by atoms with Crippen molar-refractivity contribution in [2.24, 2.45) is 7.05 Å². The Morgan fingerprint density at radius 1 is 1.14 bits per heavy atom. The predicted octanol–water partition coefficient (Wildman–Crippen LogP) is -1.31. The van der Waals surface area contributed by atoms with E-state index < -0.39 is 5.43 Å². The van der Waals surface area contributed by atoms with Crippen LogP contribution in [0.5, 0.6) is 5.75 Å². The van der Waals surface area contributed by atoms with E-state index in [1.165, 1.54) is 6.07 Å². The molecule has 0 amide bonds. The molecule has 3 N–H and O–H groups in total. The Kier molecular flexibility index (Phi) is 5.35. The SMILES string of the molecule is Cn1c(CO)cc(=O)c(O)c1CN1CCN(CCO)CC1. The van der Waals surface area contributed by atoms with Crippen LogP contribution in [0.2, 0.25) is 0 Å². The van der Waals surface area contributed by atoms with Crippen molar-refractivity contribution in [3.05, 3.63) is 27.7 Å². The molecule has 1 saturated heterocycles. The number of pyridine rings is 1. The fraction of sp³-hybridized carbons (Fsp3) is 0.643. The van der Waals surface area contributed by atoms with Gasteiger partial charge in [0.15, 0.2) is 5.75 Å². The first-order valence-electron chi connectivity index (χ1n) is 7.14. The second kappa shape index (κ2) is 7.04. The van der Waals surface area contributed by atoms with Gasteiger partial charge in [-0.1, -0.05) is 0 Å². The first-order chi connectivity index (χ1) is 10.1. The molecule has 1 aromatic heterocycles. The van der Waals surface area contributed by atoms with Gasteiger partial charge in [0.1, 0.15) is 0 Å². The topological polar surface area (TPSA) is 89.2 Å². The van der Waals surface area contributed by atoms with E-state index in [9.17, 15) is 15.0 Å². The summed E-state index contributed by atoms with van der Waals surface area (Å²) in [7, 11) is 1.74. The highest BCUT2D eigenvalue weighted by atomic mass is 16.3. The summed E-state index contributed by atoms with van der Waals surface area (Å²) in [4.78, 5) is 16.1. The van der Waals surface area contributed by atoms with Crippen LogP contribution in [0.1, 0.15) is 11.4 Å². The Labute approximate surface area is 123 Å². The van der Waals surface area contributed by atoms with E-state index in [0.717, 1.165) is 26.2 Å². The standard InChI is InChI=1S/C14H23N3O4/c1-15-11(10-19)8-13(20)14(21)12(15)9-17-4-2-16(3-5-17)6-7-18/h8,18-19,21H,2-7,9-10H2,1H3. The van der Waals surface area contributed by atoms with Crippen molar-refractivity contribution in [2.45, 2.75) is 13.2 Å². The molecule has 1 aromatic rings. The molecule has 1 aliphatic heterocycles. The van der Waals surface area contributed by atoms with E-state index in [2.05, 4.69) is 9.80 Å². The van der Waals surface area contributed by atoms with Gasteiger partial charge in [-0.3, -0.25) is 14.6 Å². The molecular formula is C14H23N3O4. The van der Waals surface area contributed by atoms with E-state index in [4.69, 9.17) is 5.11 Å². The number of aromatic hydroxyl groups is 1. The van der Waals surface area contributed by atoms with Crippen LogP contribution in [-0.2, 0) is 20.2 Å². The van der Waals surface area contributed by atoms with Gasteiger partial charge in [-0.05, 0) is 0 Å². The quantitative estimate of drug-likeness (QED) is 0.625. The van der Waals surface area contributed by atoms with Crippen LogP contribution >= 0.6 is 0 Å². The summed E-state index contributed by atoms with van der Waals surface area (Å²) in [6, 6.07) is 1.26. The second-order valence-corrected chi connectivity index (χ2v) is 5.35. The molecule has 1 aliphatic rings. The Morgan fingerprint density at radius 2 is 1.76 bits per heavy atom. The summed E-state index contributed by atoms with van der Waals surface area (Å²) in [6.45, 7) is 4.42. The van der Waals surface area contributed by atoms with E-state index in [-0.39, 0.29) is 19.0 Å². The van der Waals surface area contributed by atoms with Crippen LogP contribution < -0.4 is 5.43 Å². The number of rotatable bonds is 5. The molecule has 7 heteroatoms. The average molecular weight is 297 g/mol. The zero-order valence-corrected chi connectivity index (χ0v) is 12.3. The smallest absolute Gasteiger partial charge is 0.223 e. The lowest BCUT2D eigenvalue weighted by Gasteiger charge is -2.34. The highest BCUT2D eigenvalue weighted by Crippen LogP contribution is 2.17. The lowest BCUT2D eigenvalue weighted by atomic mass is 10.2. The maximum atomic E-state index is 11.7. The summed E-state index contributed by atoms with van der Waals surface area (Å²) >= 11 is 0. The molecule has 0 aromatic carbocycles. The fourth-order valence-corrected chi connectivity index (χ4v) is 2.65. The third-order valence-corrected chi connectivity index (χ3v) is 4.06. The number of aliphatic hydroxyl groups excluding tert-OH is 2. The maximum absolute atomic E-state index is 11.7. The van der Waals surface area contributed by atoms with Gasteiger partial charge in [0.25, 0.3) is 0 Å². The van der Waals surface area contributed by atoms with Crippen LogP contribution in [-0.4, -0.2) is 69.0 Å². The average Bonchev–Trinajstić information content (AvgIpc) is 2.49. The predicted molar refractivity (Wildman–Crippen MR) is 78.1 cm³/mol. The largest absolute Gasteiger partial charge is 0.503 e. The first-order valence-corrected chi connectivity index (χ1v) is 7.14. The number of β-amino-alcohol motifs (C(OH)–C–C–N with tert-alkyl or cyclic N) is 1. The van der Waals surface area contributed by atoms with Gasteiger partial charge in [0.05, 0.1) is 18.9 Å².